The van der Waals surface area contributed by atoms with Gasteiger partial charge in [-0.25, -0.2) is 4.98 Å². The molecule has 136 valence electrons. The fraction of sp³-hybridized carbons (Fsp3) is 0.632. The van der Waals surface area contributed by atoms with Crippen LogP contribution < -0.4 is 10.1 Å². The molecule has 0 atom stereocenters. The van der Waals surface area contributed by atoms with E-state index < -0.39 is 0 Å². The standard InChI is InChI=1S/C19H27N3O3/c1-25-18-16(8-5-11-20-18)19(24)22-12-9-15(10-13-22)21-17(23)14-6-3-2-4-7-14/h5,8,11,14-15H,2-4,6-7,9-10,12-13H2,1H3,(H,21,23). The lowest BCUT2D eigenvalue weighted by molar-refractivity contribution is -0.126. The zero-order valence-corrected chi connectivity index (χ0v) is 14.9. The third-order valence-corrected chi connectivity index (χ3v) is 5.30. The molecular weight excluding hydrogens is 318 g/mol. The van der Waals surface area contributed by atoms with Gasteiger partial charge in [0.25, 0.3) is 5.91 Å². The number of piperidine rings is 1. The van der Waals surface area contributed by atoms with Gasteiger partial charge in [0, 0.05) is 31.2 Å². The first-order valence-corrected chi connectivity index (χ1v) is 9.27. The molecule has 1 N–H and O–H groups in total. The molecule has 2 fully saturated rings. The molecule has 6 heteroatoms. The molecule has 3 rings (SSSR count). The normalized spacial score (nSPS) is 19.5. The van der Waals surface area contributed by atoms with E-state index in [2.05, 4.69) is 10.3 Å². The van der Waals surface area contributed by atoms with Crippen molar-refractivity contribution in [1.29, 1.82) is 0 Å². The molecule has 0 radical (unpaired) electrons. The molecule has 25 heavy (non-hydrogen) atoms. The highest BCUT2D eigenvalue weighted by Gasteiger charge is 2.28. The van der Waals surface area contributed by atoms with Crippen LogP contribution in [0.25, 0.3) is 0 Å². The van der Waals surface area contributed by atoms with Gasteiger partial charge in [0.05, 0.1) is 7.11 Å². The molecule has 2 aliphatic rings. The van der Waals surface area contributed by atoms with Gasteiger partial charge in [0.2, 0.25) is 11.8 Å². The second kappa shape index (κ2) is 8.32. The highest BCUT2D eigenvalue weighted by molar-refractivity contribution is 5.96. The van der Waals surface area contributed by atoms with Crippen LogP contribution in [0.1, 0.15) is 55.3 Å². The number of ether oxygens (including phenoxy) is 1. The summed E-state index contributed by atoms with van der Waals surface area (Å²) in [5.74, 6) is 0.703. The van der Waals surface area contributed by atoms with Gasteiger partial charge >= 0.3 is 0 Å². The summed E-state index contributed by atoms with van der Waals surface area (Å²) in [6.45, 7) is 1.29. The topological polar surface area (TPSA) is 71.5 Å². The van der Waals surface area contributed by atoms with Crippen molar-refractivity contribution in [2.24, 2.45) is 5.92 Å². The lowest BCUT2D eigenvalue weighted by Gasteiger charge is -2.33. The van der Waals surface area contributed by atoms with Crippen LogP contribution in [0.2, 0.25) is 0 Å². The van der Waals surface area contributed by atoms with Crippen LogP contribution in [0.3, 0.4) is 0 Å². The van der Waals surface area contributed by atoms with Crippen LogP contribution in [0.15, 0.2) is 18.3 Å². The maximum atomic E-state index is 12.7. The summed E-state index contributed by atoms with van der Waals surface area (Å²) < 4.78 is 5.18. The second-order valence-electron chi connectivity index (χ2n) is 6.97. The largest absolute Gasteiger partial charge is 0.480 e. The van der Waals surface area contributed by atoms with E-state index in [-0.39, 0.29) is 23.8 Å². The van der Waals surface area contributed by atoms with Crippen molar-refractivity contribution in [3.05, 3.63) is 23.9 Å². The van der Waals surface area contributed by atoms with Crippen LogP contribution in [-0.4, -0.2) is 47.9 Å². The van der Waals surface area contributed by atoms with Gasteiger partial charge in [0.15, 0.2) is 0 Å². The minimum atomic E-state index is -0.0537. The fourth-order valence-electron chi connectivity index (χ4n) is 3.80. The number of hydrogen-bond donors (Lipinski definition) is 1. The second-order valence-corrected chi connectivity index (χ2v) is 6.97. The van der Waals surface area contributed by atoms with E-state index in [1.807, 2.05) is 4.90 Å². The Morgan fingerprint density at radius 1 is 1.16 bits per heavy atom. The van der Waals surface area contributed by atoms with Gasteiger partial charge in [0.1, 0.15) is 5.56 Å². The summed E-state index contributed by atoms with van der Waals surface area (Å²) in [7, 11) is 1.52. The maximum absolute atomic E-state index is 12.7. The van der Waals surface area contributed by atoms with E-state index in [1.54, 1.807) is 18.3 Å². The van der Waals surface area contributed by atoms with Gasteiger partial charge in [-0.05, 0) is 37.8 Å². The maximum Gasteiger partial charge on any atom is 0.259 e. The predicted molar refractivity (Wildman–Crippen MR) is 94.4 cm³/mol. The summed E-state index contributed by atoms with van der Waals surface area (Å²) in [6.07, 6.45) is 8.83. The van der Waals surface area contributed by atoms with Crippen LogP contribution in [0.5, 0.6) is 5.88 Å². The van der Waals surface area contributed by atoms with Crippen molar-refractivity contribution in [3.63, 3.8) is 0 Å². The van der Waals surface area contributed by atoms with Crippen molar-refractivity contribution in [1.82, 2.24) is 15.2 Å². The highest BCUT2D eigenvalue weighted by Crippen LogP contribution is 2.24. The van der Waals surface area contributed by atoms with Crippen molar-refractivity contribution < 1.29 is 14.3 Å². The number of likely N-dealkylation sites (tertiary alicyclic amines) is 1. The van der Waals surface area contributed by atoms with Crippen LogP contribution in [-0.2, 0) is 4.79 Å². The third kappa shape index (κ3) is 4.30. The molecule has 1 aliphatic carbocycles. The SMILES string of the molecule is COc1ncccc1C(=O)N1CCC(NC(=O)C2CCCCC2)CC1. The molecule has 2 amide bonds. The van der Waals surface area contributed by atoms with Crippen molar-refractivity contribution in [3.8, 4) is 5.88 Å². The third-order valence-electron chi connectivity index (χ3n) is 5.30. The van der Waals surface area contributed by atoms with Crippen LogP contribution >= 0.6 is 0 Å². The number of methoxy groups -OCH3 is 1. The summed E-state index contributed by atoms with van der Waals surface area (Å²) in [5.41, 5.74) is 0.495. The molecule has 1 saturated heterocycles. The van der Waals surface area contributed by atoms with Crippen LogP contribution in [0.4, 0.5) is 0 Å². The molecule has 0 unspecified atom stereocenters. The first-order chi connectivity index (χ1) is 12.2. The Kier molecular flexibility index (Phi) is 5.89. The zero-order valence-electron chi connectivity index (χ0n) is 14.9. The number of pyridine rings is 1. The first-order valence-electron chi connectivity index (χ1n) is 9.27. The molecule has 1 aliphatic heterocycles. The van der Waals surface area contributed by atoms with E-state index in [9.17, 15) is 9.59 Å². The number of hydrogen-bond acceptors (Lipinski definition) is 4. The van der Waals surface area contributed by atoms with E-state index >= 15 is 0 Å². The molecule has 6 nitrogen and oxygen atoms in total. The average molecular weight is 345 g/mol. The Morgan fingerprint density at radius 3 is 2.56 bits per heavy atom. The number of nitrogens with one attached hydrogen (secondary N) is 1. The van der Waals surface area contributed by atoms with Gasteiger partial charge < -0.3 is 15.0 Å². The monoisotopic (exact) mass is 345 g/mol. The Bertz CT molecular complexity index is 606. The predicted octanol–water partition coefficient (Wildman–Crippen LogP) is 2.39. The Labute approximate surface area is 148 Å². The number of rotatable bonds is 4. The molecule has 1 aromatic rings. The van der Waals surface area contributed by atoms with E-state index in [0.717, 1.165) is 38.5 Å². The lowest BCUT2D eigenvalue weighted by Crippen LogP contribution is -2.48. The summed E-state index contributed by atoms with van der Waals surface area (Å²) in [5, 5.41) is 3.20. The molecule has 1 saturated carbocycles. The number of carbonyl (C=O) groups is 2. The van der Waals surface area contributed by atoms with Crippen molar-refractivity contribution in [2.75, 3.05) is 20.2 Å². The fourth-order valence-corrected chi connectivity index (χ4v) is 3.80. The zero-order chi connectivity index (χ0) is 17.6. The molecule has 1 aromatic heterocycles. The smallest absolute Gasteiger partial charge is 0.259 e. The first kappa shape index (κ1) is 17.7. The lowest BCUT2D eigenvalue weighted by atomic mass is 9.88. The molecule has 0 bridgehead atoms. The quantitative estimate of drug-likeness (QED) is 0.909. The average Bonchev–Trinajstić information content (AvgIpc) is 2.68. The molecule has 0 spiro atoms. The number of carbonyl (C=O) groups excluding carboxylic acids is 2. The van der Waals surface area contributed by atoms with Crippen LogP contribution in [0, 0.1) is 5.92 Å². The van der Waals surface area contributed by atoms with Gasteiger partial charge in [-0.3, -0.25) is 9.59 Å². The minimum Gasteiger partial charge on any atom is -0.480 e. The van der Waals surface area contributed by atoms with E-state index in [0.29, 0.717) is 24.5 Å². The number of nitrogens with zero attached hydrogens (tertiary/aromatic N) is 2. The number of aromatic nitrogens is 1. The molecule has 0 aromatic carbocycles. The van der Waals surface area contributed by atoms with Gasteiger partial charge in [-0.1, -0.05) is 19.3 Å². The summed E-state index contributed by atoms with van der Waals surface area (Å²) in [4.78, 5) is 31.0. The minimum absolute atomic E-state index is 0.0537. The highest BCUT2D eigenvalue weighted by atomic mass is 16.5. The van der Waals surface area contributed by atoms with E-state index in [4.69, 9.17) is 4.74 Å². The Hall–Kier alpha value is -2.11. The Morgan fingerprint density at radius 2 is 1.88 bits per heavy atom. The molecular formula is C19H27N3O3. The van der Waals surface area contributed by atoms with Gasteiger partial charge in [-0.2, -0.15) is 0 Å². The van der Waals surface area contributed by atoms with Crippen molar-refractivity contribution >= 4 is 11.8 Å². The number of amides is 2. The summed E-state index contributed by atoms with van der Waals surface area (Å²) >= 11 is 0. The Balaban J connectivity index is 1.51. The molecule has 2 heterocycles. The summed E-state index contributed by atoms with van der Waals surface area (Å²) in [6, 6.07) is 3.66. The van der Waals surface area contributed by atoms with E-state index in [1.165, 1.54) is 13.5 Å². The van der Waals surface area contributed by atoms with Crippen molar-refractivity contribution in [2.45, 2.75) is 51.0 Å². The van der Waals surface area contributed by atoms with Gasteiger partial charge in [-0.15, -0.1) is 0 Å².